The molecule has 3 amide bonds. The number of aryl methyl sites for hydroxylation is 1. The second-order valence-electron chi connectivity index (χ2n) is 6.01. The molecule has 5 heteroatoms. The van der Waals surface area contributed by atoms with Gasteiger partial charge in [-0.15, -0.1) is 0 Å². The minimum absolute atomic E-state index is 0.0123. The van der Waals surface area contributed by atoms with Crippen LogP contribution < -0.4 is 10.6 Å². The van der Waals surface area contributed by atoms with Gasteiger partial charge in [0.05, 0.1) is 0 Å². The SMILES string of the molecule is CC[C@H](Cc1ccc(C)cc1)NC(=O)N[C@H]1CCN(C)C1=O. The Morgan fingerprint density at radius 3 is 2.59 bits per heavy atom. The van der Waals surface area contributed by atoms with Crippen molar-refractivity contribution in [1.82, 2.24) is 15.5 Å². The molecule has 0 aliphatic carbocycles. The normalized spacial score (nSPS) is 19.1. The summed E-state index contributed by atoms with van der Waals surface area (Å²) in [4.78, 5) is 25.5. The van der Waals surface area contributed by atoms with Crippen LogP contribution in [-0.2, 0) is 11.2 Å². The van der Waals surface area contributed by atoms with Crippen molar-refractivity contribution in [3.63, 3.8) is 0 Å². The molecule has 0 radical (unpaired) electrons. The van der Waals surface area contributed by atoms with Gasteiger partial charge in [-0.3, -0.25) is 4.79 Å². The van der Waals surface area contributed by atoms with Crippen molar-refractivity contribution in [1.29, 1.82) is 0 Å². The summed E-state index contributed by atoms with van der Waals surface area (Å²) in [6, 6.07) is 7.76. The summed E-state index contributed by atoms with van der Waals surface area (Å²) >= 11 is 0. The predicted octanol–water partition coefficient (Wildman–Crippen LogP) is 1.85. The molecule has 22 heavy (non-hydrogen) atoms. The molecule has 1 aromatic carbocycles. The van der Waals surface area contributed by atoms with E-state index in [9.17, 15) is 9.59 Å². The van der Waals surface area contributed by atoms with Crippen LogP contribution in [0.4, 0.5) is 4.79 Å². The first-order valence-corrected chi connectivity index (χ1v) is 7.87. The molecule has 2 N–H and O–H groups in total. The van der Waals surface area contributed by atoms with Crippen molar-refractivity contribution in [3.05, 3.63) is 35.4 Å². The number of urea groups is 1. The molecule has 1 heterocycles. The van der Waals surface area contributed by atoms with Gasteiger partial charge in [0.2, 0.25) is 5.91 Å². The van der Waals surface area contributed by atoms with E-state index in [1.54, 1.807) is 11.9 Å². The number of nitrogens with zero attached hydrogens (tertiary/aromatic N) is 1. The molecule has 1 aromatic rings. The van der Waals surface area contributed by atoms with Gasteiger partial charge in [0, 0.05) is 19.6 Å². The van der Waals surface area contributed by atoms with E-state index in [1.165, 1.54) is 11.1 Å². The highest BCUT2D eigenvalue weighted by Gasteiger charge is 2.30. The van der Waals surface area contributed by atoms with Crippen LogP contribution in [0.2, 0.25) is 0 Å². The van der Waals surface area contributed by atoms with Gasteiger partial charge in [-0.05, 0) is 31.7 Å². The summed E-state index contributed by atoms with van der Waals surface area (Å²) in [5.41, 5.74) is 2.43. The van der Waals surface area contributed by atoms with Crippen molar-refractivity contribution < 1.29 is 9.59 Å². The molecule has 0 aromatic heterocycles. The lowest BCUT2D eigenvalue weighted by molar-refractivity contribution is -0.128. The molecule has 2 rings (SSSR count). The largest absolute Gasteiger partial charge is 0.344 e. The molecule has 120 valence electrons. The molecular weight excluding hydrogens is 278 g/mol. The topological polar surface area (TPSA) is 61.4 Å². The van der Waals surface area contributed by atoms with Crippen LogP contribution in [0, 0.1) is 6.92 Å². The van der Waals surface area contributed by atoms with E-state index in [0.29, 0.717) is 13.0 Å². The fraction of sp³-hybridized carbons (Fsp3) is 0.529. The van der Waals surface area contributed by atoms with Gasteiger partial charge >= 0.3 is 6.03 Å². The Kier molecular flexibility index (Phi) is 5.41. The summed E-state index contributed by atoms with van der Waals surface area (Å²) < 4.78 is 0. The number of rotatable bonds is 5. The van der Waals surface area contributed by atoms with Crippen LogP contribution in [0.5, 0.6) is 0 Å². The van der Waals surface area contributed by atoms with Gasteiger partial charge in [0.25, 0.3) is 0 Å². The summed E-state index contributed by atoms with van der Waals surface area (Å²) in [6.45, 7) is 4.81. The zero-order valence-electron chi connectivity index (χ0n) is 13.6. The molecular formula is C17H25N3O2. The van der Waals surface area contributed by atoms with Crippen molar-refractivity contribution in [3.8, 4) is 0 Å². The van der Waals surface area contributed by atoms with Crippen molar-refractivity contribution in [2.75, 3.05) is 13.6 Å². The van der Waals surface area contributed by atoms with E-state index in [0.717, 1.165) is 12.8 Å². The van der Waals surface area contributed by atoms with Crippen molar-refractivity contribution in [2.45, 2.75) is 45.2 Å². The summed E-state index contributed by atoms with van der Waals surface area (Å²) in [6.07, 6.45) is 2.32. The minimum atomic E-state index is -0.387. The highest BCUT2D eigenvalue weighted by Crippen LogP contribution is 2.10. The van der Waals surface area contributed by atoms with E-state index >= 15 is 0 Å². The van der Waals surface area contributed by atoms with Crippen LogP contribution in [0.3, 0.4) is 0 Å². The summed E-state index contributed by atoms with van der Waals surface area (Å²) in [5.74, 6) is -0.0123. The van der Waals surface area contributed by atoms with Gasteiger partial charge in [0.15, 0.2) is 0 Å². The maximum absolute atomic E-state index is 12.1. The molecule has 0 bridgehead atoms. The number of benzene rings is 1. The van der Waals surface area contributed by atoms with Gasteiger partial charge in [-0.1, -0.05) is 36.8 Å². The second-order valence-corrected chi connectivity index (χ2v) is 6.01. The molecule has 1 saturated heterocycles. The third kappa shape index (κ3) is 4.23. The third-order valence-corrected chi connectivity index (χ3v) is 4.16. The number of likely N-dealkylation sites (N-methyl/N-ethyl adjacent to an activating group) is 1. The van der Waals surface area contributed by atoms with E-state index in [-0.39, 0.29) is 24.0 Å². The minimum Gasteiger partial charge on any atom is -0.344 e. The van der Waals surface area contributed by atoms with E-state index in [2.05, 4.69) is 41.8 Å². The molecule has 1 aliphatic heterocycles. The molecule has 1 fully saturated rings. The molecule has 1 aliphatic rings. The lowest BCUT2D eigenvalue weighted by atomic mass is 10.0. The molecule has 0 unspecified atom stereocenters. The van der Waals surface area contributed by atoms with E-state index < -0.39 is 0 Å². The third-order valence-electron chi connectivity index (χ3n) is 4.16. The first kappa shape index (κ1) is 16.3. The van der Waals surface area contributed by atoms with Gasteiger partial charge in [-0.2, -0.15) is 0 Å². The van der Waals surface area contributed by atoms with Crippen LogP contribution in [0.1, 0.15) is 30.9 Å². The van der Waals surface area contributed by atoms with Gasteiger partial charge in [0.1, 0.15) is 6.04 Å². The summed E-state index contributed by atoms with van der Waals surface area (Å²) in [5, 5.41) is 5.75. The quantitative estimate of drug-likeness (QED) is 0.872. The van der Waals surface area contributed by atoms with E-state index in [1.807, 2.05) is 6.92 Å². The van der Waals surface area contributed by atoms with Gasteiger partial charge in [-0.25, -0.2) is 4.79 Å². The highest BCUT2D eigenvalue weighted by atomic mass is 16.2. The van der Waals surface area contributed by atoms with Crippen LogP contribution in [0.15, 0.2) is 24.3 Å². The number of carbonyl (C=O) groups is 2. The average Bonchev–Trinajstić information content (AvgIpc) is 2.80. The van der Waals surface area contributed by atoms with Crippen molar-refractivity contribution >= 4 is 11.9 Å². The maximum atomic E-state index is 12.1. The molecule has 0 spiro atoms. The lowest BCUT2D eigenvalue weighted by Crippen LogP contribution is -2.49. The monoisotopic (exact) mass is 303 g/mol. The zero-order valence-corrected chi connectivity index (χ0v) is 13.6. The maximum Gasteiger partial charge on any atom is 0.315 e. The zero-order chi connectivity index (χ0) is 16.1. The first-order chi connectivity index (χ1) is 10.5. The second kappa shape index (κ2) is 7.29. The van der Waals surface area contributed by atoms with Crippen molar-refractivity contribution in [2.24, 2.45) is 0 Å². The Morgan fingerprint density at radius 1 is 1.36 bits per heavy atom. The number of amides is 3. The average molecular weight is 303 g/mol. The molecule has 0 saturated carbocycles. The predicted molar refractivity (Wildman–Crippen MR) is 86.7 cm³/mol. The molecule has 5 nitrogen and oxygen atoms in total. The number of carbonyl (C=O) groups excluding carboxylic acids is 2. The summed E-state index contributed by atoms with van der Waals surface area (Å²) in [7, 11) is 1.76. The fourth-order valence-corrected chi connectivity index (χ4v) is 2.65. The van der Waals surface area contributed by atoms with Crippen LogP contribution >= 0.6 is 0 Å². The number of hydrogen-bond acceptors (Lipinski definition) is 2. The number of likely N-dealkylation sites (tertiary alicyclic amines) is 1. The van der Waals surface area contributed by atoms with E-state index in [4.69, 9.17) is 0 Å². The Bertz CT molecular complexity index is 527. The number of hydrogen-bond donors (Lipinski definition) is 2. The Balaban J connectivity index is 1.85. The first-order valence-electron chi connectivity index (χ1n) is 7.87. The standard InChI is InChI=1S/C17H25N3O2/c1-4-14(11-13-7-5-12(2)6-8-13)18-17(22)19-15-9-10-20(3)16(15)21/h5-8,14-15H,4,9-11H2,1-3H3,(H2,18,19,22)/t14-,15+/m1/s1. The van der Waals surface area contributed by atoms with Crippen LogP contribution in [0.25, 0.3) is 0 Å². The Morgan fingerprint density at radius 2 is 2.05 bits per heavy atom. The Labute approximate surface area is 132 Å². The lowest BCUT2D eigenvalue weighted by Gasteiger charge is -2.19. The number of nitrogens with one attached hydrogen (secondary N) is 2. The van der Waals surface area contributed by atoms with Crippen LogP contribution in [-0.4, -0.2) is 42.5 Å². The highest BCUT2D eigenvalue weighted by molar-refractivity contribution is 5.88. The van der Waals surface area contributed by atoms with Gasteiger partial charge < -0.3 is 15.5 Å². The fourth-order valence-electron chi connectivity index (χ4n) is 2.65. The smallest absolute Gasteiger partial charge is 0.315 e. The molecule has 2 atom stereocenters. The Hall–Kier alpha value is -2.04.